The quantitative estimate of drug-likeness (QED) is 0.781. The first-order valence-corrected chi connectivity index (χ1v) is 5.49. The fraction of sp³-hybridized carbons (Fsp3) is 0.400. The summed E-state index contributed by atoms with van der Waals surface area (Å²) in [6, 6.07) is 1.91. The predicted molar refractivity (Wildman–Crippen MR) is 59.4 cm³/mol. The van der Waals surface area contributed by atoms with Crippen LogP contribution >= 0.6 is 11.3 Å². The van der Waals surface area contributed by atoms with Gasteiger partial charge in [-0.2, -0.15) is 0 Å². The van der Waals surface area contributed by atoms with Crippen LogP contribution in [0.2, 0.25) is 0 Å². The molecule has 4 N–H and O–H groups in total. The van der Waals surface area contributed by atoms with Gasteiger partial charge in [0.2, 0.25) is 11.8 Å². The molecule has 0 aromatic carbocycles. The maximum absolute atomic E-state index is 10.9. The summed E-state index contributed by atoms with van der Waals surface area (Å²) in [4.78, 5) is 22.8. The molecule has 0 bridgehead atoms. The summed E-state index contributed by atoms with van der Waals surface area (Å²) in [7, 11) is 0. The lowest BCUT2D eigenvalue weighted by molar-refractivity contribution is -0.119. The maximum atomic E-state index is 10.9. The molecule has 1 heterocycles. The number of aryl methyl sites for hydroxylation is 1. The van der Waals surface area contributed by atoms with E-state index in [1.54, 1.807) is 11.3 Å². The van der Waals surface area contributed by atoms with Gasteiger partial charge in [0.15, 0.2) is 0 Å². The summed E-state index contributed by atoms with van der Waals surface area (Å²) in [6.45, 7) is 1.95. The molecular weight excluding hydrogens is 212 g/mol. The maximum Gasteiger partial charge on any atom is 0.218 e. The zero-order valence-corrected chi connectivity index (χ0v) is 9.34. The Hall–Kier alpha value is -1.36. The highest BCUT2D eigenvalue weighted by molar-refractivity contribution is 7.10. The Balaban J connectivity index is 2.85. The molecule has 82 valence electrons. The molecule has 0 unspecified atom stereocenters. The van der Waals surface area contributed by atoms with E-state index in [2.05, 4.69) is 0 Å². The third kappa shape index (κ3) is 3.36. The monoisotopic (exact) mass is 226 g/mol. The fourth-order valence-electron chi connectivity index (χ4n) is 1.60. The second-order valence-corrected chi connectivity index (χ2v) is 4.59. The number of hydrogen-bond donors (Lipinski definition) is 2. The van der Waals surface area contributed by atoms with Crippen LogP contribution in [0.1, 0.15) is 29.2 Å². The number of carbonyl (C=O) groups is 2. The fourth-order valence-corrected chi connectivity index (χ4v) is 2.39. The van der Waals surface area contributed by atoms with Crippen LogP contribution in [0.4, 0.5) is 0 Å². The summed E-state index contributed by atoms with van der Waals surface area (Å²) in [6.07, 6.45) is 0.334. The van der Waals surface area contributed by atoms with Crippen molar-refractivity contribution in [1.29, 1.82) is 0 Å². The number of amides is 2. The minimum atomic E-state index is -0.410. The van der Waals surface area contributed by atoms with Crippen molar-refractivity contribution in [3.63, 3.8) is 0 Å². The Kier molecular flexibility index (Phi) is 3.85. The number of thiophene rings is 1. The van der Waals surface area contributed by atoms with Gasteiger partial charge in [0.25, 0.3) is 0 Å². The summed E-state index contributed by atoms with van der Waals surface area (Å²) in [5, 5.41) is 1.93. The number of nitrogens with two attached hydrogens (primary N) is 2. The average Bonchev–Trinajstić information content (AvgIpc) is 2.48. The minimum Gasteiger partial charge on any atom is -0.370 e. The van der Waals surface area contributed by atoms with Crippen molar-refractivity contribution in [2.24, 2.45) is 11.5 Å². The van der Waals surface area contributed by atoms with Crippen LogP contribution in [-0.4, -0.2) is 11.8 Å². The number of hydrogen-bond acceptors (Lipinski definition) is 3. The minimum absolute atomic E-state index is 0.167. The normalized spacial score (nSPS) is 10.5. The van der Waals surface area contributed by atoms with Crippen LogP contribution in [-0.2, 0) is 9.59 Å². The van der Waals surface area contributed by atoms with Crippen LogP contribution in [0, 0.1) is 6.92 Å². The largest absolute Gasteiger partial charge is 0.370 e. The molecule has 0 fully saturated rings. The summed E-state index contributed by atoms with van der Waals surface area (Å²) in [5.41, 5.74) is 11.3. The lowest BCUT2D eigenvalue weighted by Crippen LogP contribution is -2.21. The SMILES string of the molecule is Cc1sccc1C(CC(N)=O)CC(N)=O. The van der Waals surface area contributed by atoms with Crippen LogP contribution in [0.15, 0.2) is 11.4 Å². The molecule has 1 aromatic rings. The summed E-state index contributed by atoms with van der Waals surface area (Å²) in [5.74, 6) is -0.995. The topological polar surface area (TPSA) is 86.2 Å². The highest BCUT2D eigenvalue weighted by Gasteiger charge is 2.19. The highest BCUT2D eigenvalue weighted by Crippen LogP contribution is 2.29. The Morgan fingerprint density at radius 1 is 1.33 bits per heavy atom. The number of rotatable bonds is 5. The van der Waals surface area contributed by atoms with Crippen LogP contribution in [0.3, 0.4) is 0 Å². The van der Waals surface area contributed by atoms with Crippen LogP contribution < -0.4 is 11.5 Å². The molecule has 5 heteroatoms. The van der Waals surface area contributed by atoms with Gasteiger partial charge in [-0.1, -0.05) is 0 Å². The Bertz CT molecular complexity index is 357. The smallest absolute Gasteiger partial charge is 0.218 e. The molecule has 1 rings (SSSR count). The van der Waals surface area contributed by atoms with Gasteiger partial charge in [0.05, 0.1) is 0 Å². The van der Waals surface area contributed by atoms with Crippen molar-refractivity contribution in [2.75, 3.05) is 0 Å². The molecule has 0 aliphatic carbocycles. The molecule has 2 amide bonds. The zero-order chi connectivity index (χ0) is 11.4. The van der Waals surface area contributed by atoms with Gasteiger partial charge >= 0.3 is 0 Å². The van der Waals surface area contributed by atoms with Crippen molar-refractivity contribution in [3.05, 3.63) is 21.9 Å². The van der Waals surface area contributed by atoms with E-state index in [-0.39, 0.29) is 18.8 Å². The lowest BCUT2D eigenvalue weighted by Gasteiger charge is -2.13. The summed E-state index contributed by atoms with van der Waals surface area (Å²) >= 11 is 1.58. The van der Waals surface area contributed by atoms with E-state index < -0.39 is 11.8 Å². The van der Waals surface area contributed by atoms with Crippen LogP contribution in [0.5, 0.6) is 0 Å². The van der Waals surface area contributed by atoms with Crippen molar-refractivity contribution >= 4 is 23.2 Å². The Morgan fingerprint density at radius 3 is 2.20 bits per heavy atom. The van der Waals surface area contributed by atoms with Gasteiger partial charge < -0.3 is 11.5 Å². The van der Waals surface area contributed by atoms with Gasteiger partial charge in [-0.05, 0) is 23.9 Å². The molecule has 0 saturated heterocycles. The first-order chi connectivity index (χ1) is 7.00. The average molecular weight is 226 g/mol. The Morgan fingerprint density at radius 2 is 1.87 bits per heavy atom. The van der Waals surface area contributed by atoms with Crippen molar-refractivity contribution in [2.45, 2.75) is 25.7 Å². The molecular formula is C10H14N2O2S. The van der Waals surface area contributed by atoms with E-state index in [0.717, 1.165) is 10.4 Å². The van der Waals surface area contributed by atoms with Crippen molar-refractivity contribution in [3.8, 4) is 0 Å². The van der Waals surface area contributed by atoms with E-state index in [0.29, 0.717) is 0 Å². The van der Waals surface area contributed by atoms with Gasteiger partial charge in [0.1, 0.15) is 0 Å². The van der Waals surface area contributed by atoms with Gasteiger partial charge in [-0.25, -0.2) is 0 Å². The molecule has 0 aliphatic rings. The molecule has 15 heavy (non-hydrogen) atoms. The number of primary amides is 2. The van der Waals surface area contributed by atoms with E-state index in [1.807, 2.05) is 18.4 Å². The molecule has 0 aliphatic heterocycles. The third-order valence-corrected chi connectivity index (χ3v) is 3.10. The molecule has 0 atom stereocenters. The first kappa shape index (κ1) is 11.7. The third-order valence-electron chi connectivity index (χ3n) is 2.23. The second-order valence-electron chi connectivity index (χ2n) is 3.47. The van der Waals surface area contributed by atoms with Gasteiger partial charge in [0, 0.05) is 23.6 Å². The highest BCUT2D eigenvalue weighted by atomic mass is 32.1. The van der Waals surface area contributed by atoms with E-state index in [4.69, 9.17) is 11.5 Å². The lowest BCUT2D eigenvalue weighted by atomic mass is 9.92. The first-order valence-electron chi connectivity index (χ1n) is 4.61. The zero-order valence-electron chi connectivity index (χ0n) is 8.53. The van der Waals surface area contributed by atoms with E-state index in [1.165, 1.54) is 0 Å². The molecule has 4 nitrogen and oxygen atoms in total. The predicted octanol–water partition coefficient (Wildman–Crippen LogP) is 0.891. The Labute approximate surface area is 92.3 Å². The van der Waals surface area contributed by atoms with Crippen molar-refractivity contribution < 1.29 is 9.59 Å². The van der Waals surface area contributed by atoms with Crippen LogP contribution in [0.25, 0.3) is 0 Å². The molecule has 0 radical (unpaired) electrons. The number of carbonyl (C=O) groups excluding carboxylic acids is 2. The molecule has 0 spiro atoms. The summed E-state index contributed by atoms with van der Waals surface area (Å²) < 4.78 is 0. The second kappa shape index (κ2) is 4.93. The molecule has 0 saturated carbocycles. The van der Waals surface area contributed by atoms with Gasteiger partial charge in [-0.3, -0.25) is 9.59 Å². The molecule has 1 aromatic heterocycles. The van der Waals surface area contributed by atoms with Crippen molar-refractivity contribution in [1.82, 2.24) is 0 Å². The van der Waals surface area contributed by atoms with E-state index >= 15 is 0 Å². The standard InChI is InChI=1S/C10H14N2O2S/c1-6-8(2-3-15-6)7(4-9(11)13)5-10(12)14/h2-3,7H,4-5H2,1H3,(H2,11,13)(H2,12,14). The van der Waals surface area contributed by atoms with Gasteiger partial charge in [-0.15, -0.1) is 11.3 Å². The van der Waals surface area contributed by atoms with E-state index in [9.17, 15) is 9.59 Å².